The van der Waals surface area contributed by atoms with E-state index in [1.807, 2.05) is 0 Å². The minimum atomic E-state index is -3.52. The van der Waals surface area contributed by atoms with Crippen molar-refractivity contribution in [2.45, 2.75) is 18.2 Å². The predicted molar refractivity (Wildman–Crippen MR) is 57.4 cm³/mol. The van der Waals surface area contributed by atoms with E-state index in [1.54, 1.807) is 6.92 Å². The van der Waals surface area contributed by atoms with Gasteiger partial charge in [-0.05, 0) is 12.1 Å². The molecule has 0 saturated heterocycles. The van der Waals surface area contributed by atoms with Gasteiger partial charge in [-0.25, -0.2) is 8.42 Å². The van der Waals surface area contributed by atoms with Crippen LogP contribution in [0.15, 0.2) is 23.1 Å². The van der Waals surface area contributed by atoms with Crippen molar-refractivity contribution in [3.8, 4) is 0 Å². The number of fused-ring (bicyclic) bond motifs is 1. The first kappa shape index (κ1) is 11.0. The first-order valence-corrected chi connectivity index (χ1v) is 6.54. The van der Waals surface area contributed by atoms with Crippen LogP contribution in [0.25, 0.3) is 0 Å². The van der Waals surface area contributed by atoms with E-state index in [0.29, 0.717) is 12.0 Å². The topological polar surface area (TPSA) is 68.3 Å². The first-order chi connectivity index (χ1) is 7.45. The van der Waals surface area contributed by atoms with Crippen molar-refractivity contribution < 1.29 is 18.0 Å². The second kappa shape index (κ2) is 3.52. The van der Waals surface area contributed by atoms with Gasteiger partial charge in [-0.15, -0.1) is 0 Å². The fourth-order valence-corrected chi connectivity index (χ4v) is 3.20. The number of carbonyl (C=O) groups excluding carboxylic acids is 2. The smallest absolute Gasteiger partial charge is 0.186 e. The van der Waals surface area contributed by atoms with Gasteiger partial charge in [0.2, 0.25) is 0 Å². The van der Waals surface area contributed by atoms with E-state index < -0.39 is 21.4 Å². The minimum Gasteiger partial charge on any atom is -0.294 e. The van der Waals surface area contributed by atoms with Crippen LogP contribution in [0.2, 0.25) is 0 Å². The summed E-state index contributed by atoms with van der Waals surface area (Å²) in [4.78, 5) is 22.8. The van der Waals surface area contributed by atoms with Gasteiger partial charge in [-0.3, -0.25) is 9.59 Å². The van der Waals surface area contributed by atoms with E-state index in [0.717, 1.165) is 0 Å². The number of Topliss-reactive ketones (excluding diaryl/α,β-unsaturated/α-hetero) is 2. The zero-order chi connectivity index (χ0) is 11.9. The van der Waals surface area contributed by atoms with Crippen LogP contribution in [0.4, 0.5) is 0 Å². The van der Waals surface area contributed by atoms with Crippen molar-refractivity contribution in [3.05, 3.63) is 29.3 Å². The van der Waals surface area contributed by atoms with Crippen molar-refractivity contribution in [2.75, 3.05) is 5.75 Å². The maximum absolute atomic E-state index is 11.6. The monoisotopic (exact) mass is 238 g/mol. The van der Waals surface area contributed by atoms with Gasteiger partial charge in [0.1, 0.15) is 5.75 Å². The summed E-state index contributed by atoms with van der Waals surface area (Å²) in [5, 5.41) is 0. The van der Waals surface area contributed by atoms with E-state index >= 15 is 0 Å². The van der Waals surface area contributed by atoms with E-state index in [-0.39, 0.29) is 16.2 Å². The lowest BCUT2D eigenvalue weighted by Crippen LogP contribution is -2.03. The minimum absolute atomic E-state index is 0.00296. The van der Waals surface area contributed by atoms with Crippen molar-refractivity contribution in [1.29, 1.82) is 0 Å². The molecule has 0 N–H and O–H groups in total. The Morgan fingerprint density at radius 1 is 1.38 bits per heavy atom. The lowest BCUT2D eigenvalue weighted by Gasteiger charge is -2.01. The molecule has 0 spiro atoms. The molecule has 1 aliphatic rings. The molecule has 2 rings (SSSR count). The van der Waals surface area contributed by atoms with E-state index in [9.17, 15) is 18.0 Å². The third kappa shape index (κ3) is 1.57. The molecule has 0 atom stereocenters. The molecule has 0 amide bonds. The summed E-state index contributed by atoms with van der Waals surface area (Å²) in [6.07, 6.45) is 0.312. The maximum Gasteiger partial charge on any atom is 0.186 e. The summed E-state index contributed by atoms with van der Waals surface area (Å²) >= 11 is 0. The van der Waals surface area contributed by atoms with Crippen LogP contribution >= 0.6 is 0 Å². The normalized spacial score (nSPS) is 17.2. The number of carbonyl (C=O) groups is 2. The fraction of sp³-hybridized carbons (Fsp3) is 0.273. The van der Waals surface area contributed by atoms with Gasteiger partial charge in [0.05, 0.1) is 4.90 Å². The molecular formula is C11H10O4S. The van der Waals surface area contributed by atoms with Crippen LogP contribution < -0.4 is 0 Å². The summed E-state index contributed by atoms with van der Waals surface area (Å²) < 4.78 is 23.2. The average Bonchev–Trinajstić information content (AvgIpc) is 2.48. The van der Waals surface area contributed by atoms with Crippen molar-refractivity contribution in [2.24, 2.45) is 0 Å². The molecule has 1 aliphatic heterocycles. The van der Waals surface area contributed by atoms with E-state index in [1.165, 1.54) is 18.2 Å². The molecule has 0 aliphatic carbocycles. The van der Waals surface area contributed by atoms with Gasteiger partial charge in [0, 0.05) is 17.5 Å². The predicted octanol–water partition coefficient (Wildman–Crippen LogP) is 1.25. The van der Waals surface area contributed by atoms with Crippen LogP contribution in [-0.4, -0.2) is 25.7 Å². The Balaban J connectivity index is 2.64. The van der Waals surface area contributed by atoms with Crippen LogP contribution in [0.1, 0.15) is 34.1 Å². The number of sulfone groups is 1. The molecule has 0 aromatic heterocycles. The first-order valence-electron chi connectivity index (χ1n) is 4.89. The van der Waals surface area contributed by atoms with Crippen LogP contribution in [0.5, 0.6) is 0 Å². The Labute approximate surface area is 93.2 Å². The van der Waals surface area contributed by atoms with Crippen molar-refractivity contribution >= 4 is 21.4 Å². The third-order valence-electron chi connectivity index (χ3n) is 2.58. The number of benzene rings is 1. The molecular weight excluding hydrogens is 228 g/mol. The van der Waals surface area contributed by atoms with Gasteiger partial charge in [-0.1, -0.05) is 13.0 Å². The molecule has 0 fully saturated rings. The number of ketones is 2. The molecule has 0 bridgehead atoms. The van der Waals surface area contributed by atoms with Gasteiger partial charge in [-0.2, -0.15) is 0 Å². The third-order valence-corrected chi connectivity index (χ3v) is 4.23. The van der Waals surface area contributed by atoms with Crippen molar-refractivity contribution in [3.63, 3.8) is 0 Å². The Bertz CT molecular complexity index is 584. The molecule has 0 radical (unpaired) electrons. The second-order valence-corrected chi connectivity index (χ2v) is 5.63. The molecule has 0 unspecified atom stereocenters. The summed E-state index contributed by atoms with van der Waals surface area (Å²) in [6.45, 7) is 1.70. The highest BCUT2D eigenvalue weighted by atomic mass is 32.2. The summed E-state index contributed by atoms with van der Waals surface area (Å²) in [7, 11) is -3.52. The van der Waals surface area contributed by atoms with E-state index in [2.05, 4.69) is 0 Å². The molecule has 1 heterocycles. The molecule has 16 heavy (non-hydrogen) atoms. The highest BCUT2D eigenvalue weighted by molar-refractivity contribution is 7.92. The van der Waals surface area contributed by atoms with Gasteiger partial charge in [0.15, 0.2) is 21.4 Å². The van der Waals surface area contributed by atoms with Gasteiger partial charge >= 0.3 is 0 Å². The zero-order valence-corrected chi connectivity index (χ0v) is 9.50. The Hall–Kier alpha value is -1.49. The summed E-state index contributed by atoms with van der Waals surface area (Å²) in [5.41, 5.74) is 0.548. The molecule has 4 nitrogen and oxygen atoms in total. The average molecular weight is 238 g/mol. The highest BCUT2D eigenvalue weighted by Crippen LogP contribution is 2.27. The highest BCUT2D eigenvalue weighted by Gasteiger charge is 2.33. The Morgan fingerprint density at radius 3 is 2.69 bits per heavy atom. The molecule has 1 aromatic rings. The SMILES string of the molecule is CCC(=O)c1ccc2c(c1)S(=O)(=O)CC2=O. The molecule has 5 heteroatoms. The molecule has 1 aromatic carbocycles. The maximum atomic E-state index is 11.6. The molecule has 84 valence electrons. The Kier molecular flexibility index (Phi) is 2.42. The van der Waals surface area contributed by atoms with Crippen LogP contribution in [-0.2, 0) is 9.84 Å². The largest absolute Gasteiger partial charge is 0.294 e. The lowest BCUT2D eigenvalue weighted by atomic mass is 10.1. The fourth-order valence-electron chi connectivity index (χ4n) is 1.72. The number of hydrogen-bond donors (Lipinski definition) is 0. The second-order valence-electron chi connectivity index (χ2n) is 3.67. The zero-order valence-electron chi connectivity index (χ0n) is 8.69. The van der Waals surface area contributed by atoms with Gasteiger partial charge < -0.3 is 0 Å². The lowest BCUT2D eigenvalue weighted by molar-refractivity contribution is 0.0984. The quantitative estimate of drug-likeness (QED) is 0.727. The standard InChI is InChI=1S/C11H10O4S/c1-2-9(12)7-3-4-8-10(13)6-16(14,15)11(8)5-7/h3-5H,2,6H2,1H3. The number of hydrogen-bond acceptors (Lipinski definition) is 4. The van der Waals surface area contributed by atoms with Crippen molar-refractivity contribution in [1.82, 2.24) is 0 Å². The summed E-state index contributed by atoms with van der Waals surface area (Å²) in [5.74, 6) is -1.01. The van der Waals surface area contributed by atoms with E-state index in [4.69, 9.17) is 0 Å². The van der Waals surface area contributed by atoms with Crippen LogP contribution in [0, 0.1) is 0 Å². The molecule has 0 saturated carbocycles. The van der Waals surface area contributed by atoms with Gasteiger partial charge in [0.25, 0.3) is 0 Å². The summed E-state index contributed by atoms with van der Waals surface area (Å²) in [6, 6.07) is 4.23. The van der Waals surface area contributed by atoms with Crippen LogP contribution in [0.3, 0.4) is 0 Å². The Morgan fingerprint density at radius 2 is 2.06 bits per heavy atom. The number of rotatable bonds is 2.